The van der Waals surface area contributed by atoms with Crippen molar-refractivity contribution in [3.8, 4) is 0 Å². The second-order valence-electron chi connectivity index (χ2n) is 4.67. The molecule has 1 amide bonds. The number of carbonyl (C=O) groups is 2. The fraction of sp³-hybridized carbons (Fsp3) is 0.118. The van der Waals surface area contributed by atoms with Crippen molar-refractivity contribution in [2.24, 2.45) is 0 Å². The van der Waals surface area contributed by atoms with E-state index in [1.54, 1.807) is 18.2 Å². The van der Waals surface area contributed by atoms with E-state index in [0.717, 1.165) is 5.56 Å². The Bertz CT molecular complexity index is 700. The lowest BCUT2D eigenvalue weighted by Gasteiger charge is -2.11. The van der Waals surface area contributed by atoms with Gasteiger partial charge in [-0.2, -0.15) is 0 Å². The number of ether oxygens (including phenoxy) is 1. The molecule has 0 aliphatic rings. The molecule has 0 bridgehead atoms. The molecule has 23 heavy (non-hydrogen) atoms. The Morgan fingerprint density at radius 2 is 1.96 bits per heavy atom. The largest absolute Gasteiger partial charge is 0.449 e. The number of pyridine rings is 1. The van der Waals surface area contributed by atoms with Gasteiger partial charge in [0, 0.05) is 12.3 Å². The molecule has 2 rings (SSSR count). The Balaban J connectivity index is 1.86. The fourth-order valence-electron chi connectivity index (χ4n) is 1.67. The van der Waals surface area contributed by atoms with Crippen molar-refractivity contribution >= 4 is 35.4 Å². The molecule has 0 unspecified atom stereocenters. The van der Waals surface area contributed by atoms with Crippen LogP contribution in [0.3, 0.4) is 0 Å². The Labute approximate surface area is 138 Å². The van der Waals surface area contributed by atoms with Crippen molar-refractivity contribution in [2.75, 3.05) is 5.32 Å². The molecule has 5 nitrogen and oxygen atoms in total. The molecule has 0 spiro atoms. The highest BCUT2D eigenvalue weighted by Crippen LogP contribution is 2.10. The number of anilines is 1. The molecule has 6 heteroatoms. The van der Waals surface area contributed by atoms with E-state index in [9.17, 15) is 9.59 Å². The van der Waals surface area contributed by atoms with E-state index < -0.39 is 18.0 Å². The quantitative estimate of drug-likeness (QED) is 0.674. The van der Waals surface area contributed by atoms with E-state index in [1.807, 2.05) is 30.3 Å². The lowest BCUT2D eigenvalue weighted by molar-refractivity contribution is -0.148. The molecule has 1 N–H and O–H groups in total. The van der Waals surface area contributed by atoms with Crippen molar-refractivity contribution in [3.05, 3.63) is 65.3 Å². The van der Waals surface area contributed by atoms with E-state index in [2.05, 4.69) is 10.3 Å². The summed E-state index contributed by atoms with van der Waals surface area (Å²) in [6, 6.07) is 12.5. The Morgan fingerprint density at radius 1 is 1.22 bits per heavy atom. The van der Waals surface area contributed by atoms with E-state index >= 15 is 0 Å². The molecule has 0 fully saturated rings. The number of nitrogens with zero attached hydrogens (tertiary/aromatic N) is 1. The molecule has 1 aromatic heterocycles. The predicted octanol–water partition coefficient (Wildman–Crippen LogP) is 3.32. The number of aromatic nitrogens is 1. The smallest absolute Gasteiger partial charge is 0.331 e. The van der Waals surface area contributed by atoms with Crippen LogP contribution in [0.1, 0.15) is 12.5 Å². The first kappa shape index (κ1) is 16.7. The summed E-state index contributed by atoms with van der Waals surface area (Å²) in [5, 5.41) is 3.00. The molecular weight excluding hydrogens is 316 g/mol. The first-order valence-electron chi connectivity index (χ1n) is 6.91. The standard InChI is InChI=1S/C17H15ClN2O3/c1-12(17(22)20-15-9-8-14(18)11-19-15)23-16(21)10-7-13-5-3-2-4-6-13/h2-12H,1H3,(H,19,20,22)/b10-7+/t12-/m1/s1. The lowest BCUT2D eigenvalue weighted by Crippen LogP contribution is -2.29. The van der Waals surface area contributed by atoms with Gasteiger partial charge in [0.25, 0.3) is 5.91 Å². The van der Waals surface area contributed by atoms with Crippen molar-refractivity contribution in [1.29, 1.82) is 0 Å². The highest BCUT2D eigenvalue weighted by molar-refractivity contribution is 6.30. The zero-order valence-electron chi connectivity index (χ0n) is 12.4. The predicted molar refractivity (Wildman–Crippen MR) is 88.9 cm³/mol. The van der Waals surface area contributed by atoms with Gasteiger partial charge in [0.15, 0.2) is 6.10 Å². The van der Waals surface area contributed by atoms with Crippen LogP contribution >= 0.6 is 11.6 Å². The molecule has 1 atom stereocenters. The summed E-state index contributed by atoms with van der Waals surface area (Å²) in [5.74, 6) is -0.732. The molecular formula is C17H15ClN2O3. The topological polar surface area (TPSA) is 68.3 Å². The van der Waals surface area contributed by atoms with Crippen LogP contribution < -0.4 is 5.32 Å². The van der Waals surface area contributed by atoms with Gasteiger partial charge in [0.2, 0.25) is 0 Å². The van der Waals surface area contributed by atoms with Crippen LogP contribution in [-0.4, -0.2) is 23.0 Å². The number of hydrogen-bond donors (Lipinski definition) is 1. The van der Waals surface area contributed by atoms with Crippen molar-refractivity contribution in [1.82, 2.24) is 4.98 Å². The normalized spacial score (nSPS) is 11.9. The van der Waals surface area contributed by atoms with Gasteiger partial charge in [0.1, 0.15) is 5.82 Å². The highest BCUT2D eigenvalue weighted by atomic mass is 35.5. The fourth-order valence-corrected chi connectivity index (χ4v) is 1.78. The number of benzene rings is 1. The van der Waals surface area contributed by atoms with Gasteiger partial charge in [-0.05, 0) is 30.7 Å². The summed E-state index contributed by atoms with van der Waals surface area (Å²) >= 11 is 5.71. The summed E-state index contributed by atoms with van der Waals surface area (Å²) < 4.78 is 5.04. The minimum absolute atomic E-state index is 0.335. The van der Waals surface area contributed by atoms with Crippen molar-refractivity contribution in [3.63, 3.8) is 0 Å². The summed E-state index contributed by atoms with van der Waals surface area (Å²) in [6.45, 7) is 1.49. The third-order valence-electron chi connectivity index (χ3n) is 2.85. The van der Waals surface area contributed by atoms with Crippen LogP contribution in [0.2, 0.25) is 5.02 Å². The maximum absolute atomic E-state index is 11.9. The molecule has 0 saturated heterocycles. The third kappa shape index (κ3) is 5.56. The molecule has 0 aliphatic heterocycles. The van der Waals surface area contributed by atoms with Gasteiger partial charge >= 0.3 is 5.97 Å². The molecule has 0 radical (unpaired) electrons. The van der Waals surface area contributed by atoms with Gasteiger partial charge in [-0.1, -0.05) is 41.9 Å². The van der Waals surface area contributed by atoms with E-state index in [1.165, 1.54) is 19.2 Å². The molecule has 0 aliphatic carbocycles. The zero-order chi connectivity index (χ0) is 16.7. The number of halogens is 1. The average Bonchev–Trinajstić information content (AvgIpc) is 2.56. The summed E-state index contributed by atoms with van der Waals surface area (Å²) in [5.41, 5.74) is 0.868. The minimum Gasteiger partial charge on any atom is -0.449 e. The van der Waals surface area contributed by atoms with Crippen LogP contribution in [0.25, 0.3) is 6.08 Å². The van der Waals surface area contributed by atoms with Crippen molar-refractivity contribution < 1.29 is 14.3 Å². The van der Waals surface area contributed by atoms with Crippen LogP contribution in [0, 0.1) is 0 Å². The van der Waals surface area contributed by atoms with Crippen LogP contribution in [-0.2, 0) is 14.3 Å². The monoisotopic (exact) mass is 330 g/mol. The van der Waals surface area contributed by atoms with Crippen LogP contribution in [0.15, 0.2) is 54.7 Å². The maximum atomic E-state index is 11.9. The number of nitrogens with one attached hydrogen (secondary N) is 1. The van der Waals surface area contributed by atoms with Gasteiger partial charge in [-0.15, -0.1) is 0 Å². The van der Waals surface area contributed by atoms with E-state index in [4.69, 9.17) is 16.3 Å². The number of hydrogen-bond acceptors (Lipinski definition) is 4. The van der Waals surface area contributed by atoms with Gasteiger partial charge in [-0.25, -0.2) is 9.78 Å². The molecule has 2 aromatic rings. The molecule has 118 valence electrons. The van der Waals surface area contributed by atoms with E-state index in [0.29, 0.717) is 10.8 Å². The van der Waals surface area contributed by atoms with Crippen LogP contribution in [0.5, 0.6) is 0 Å². The number of rotatable bonds is 5. The highest BCUT2D eigenvalue weighted by Gasteiger charge is 2.17. The number of esters is 1. The van der Waals surface area contributed by atoms with E-state index in [-0.39, 0.29) is 0 Å². The molecule has 0 saturated carbocycles. The summed E-state index contributed by atoms with van der Waals surface area (Å²) in [7, 11) is 0. The zero-order valence-corrected chi connectivity index (χ0v) is 13.2. The first-order chi connectivity index (χ1) is 11.0. The SMILES string of the molecule is C[C@@H](OC(=O)/C=C/c1ccccc1)C(=O)Nc1ccc(Cl)cn1. The molecule has 1 aromatic carbocycles. The number of amides is 1. The minimum atomic E-state index is -0.944. The molecule has 1 heterocycles. The first-order valence-corrected chi connectivity index (χ1v) is 7.28. The Morgan fingerprint density at radius 3 is 2.61 bits per heavy atom. The third-order valence-corrected chi connectivity index (χ3v) is 3.08. The maximum Gasteiger partial charge on any atom is 0.331 e. The number of carbonyl (C=O) groups excluding carboxylic acids is 2. The van der Waals surface area contributed by atoms with Gasteiger partial charge < -0.3 is 10.1 Å². The van der Waals surface area contributed by atoms with Gasteiger partial charge in [0.05, 0.1) is 5.02 Å². The summed E-state index contributed by atoms with van der Waals surface area (Å²) in [6.07, 6.45) is 3.37. The van der Waals surface area contributed by atoms with Gasteiger partial charge in [-0.3, -0.25) is 4.79 Å². The average molecular weight is 331 g/mol. The Hall–Kier alpha value is -2.66. The summed E-state index contributed by atoms with van der Waals surface area (Å²) in [4.78, 5) is 27.6. The van der Waals surface area contributed by atoms with Crippen LogP contribution in [0.4, 0.5) is 5.82 Å². The van der Waals surface area contributed by atoms with Crippen molar-refractivity contribution in [2.45, 2.75) is 13.0 Å². The second-order valence-corrected chi connectivity index (χ2v) is 5.11. The second kappa shape index (κ2) is 8.10. The Kier molecular flexibility index (Phi) is 5.88. The lowest BCUT2D eigenvalue weighted by atomic mass is 10.2.